The number of esters is 1. The van der Waals surface area contributed by atoms with Crippen molar-refractivity contribution in [3.8, 4) is 0 Å². The highest BCUT2D eigenvalue weighted by Gasteiger charge is 2.08. The fourth-order valence-corrected chi connectivity index (χ4v) is 1.99. The van der Waals surface area contributed by atoms with Crippen molar-refractivity contribution in [3.63, 3.8) is 0 Å². The fourth-order valence-electron chi connectivity index (χ4n) is 1.99. The molecule has 3 N–H and O–H groups in total. The molecule has 0 bridgehead atoms. The van der Waals surface area contributed by atoms with Crippen molar-refractivity contribution in [2.24, 2.45) is 7.05 Å². The van der Waals surface area contributed by atoms with E-state index in [2.05, 4.69) is 10.4 Å². The number of nitrogens with one attached hydrogen (secondary N) is 1. The van der Waals surface area contributed by atoms with Crippen molar-refractivity contribution < 1.29 is 9.53 Å². The molecule has 1 aromatic heterocycles. The predicted octanol–water partition coefficient (Wildman–Crippen LogP) is 1.83. The lowest BCUT2D eigenvalue weighted by atomic mass is 10.1. The molecule has 1 heterocycles. The minimum atomic E-state index is -0.357. The highest BCUT2D eigenvalue weighted by atomic mass is 16.5. The third-order valence-corrected chi connectivity index (χ3v) is 3.03. The van der Waals surface area contributed by atoms with Gasteiger partial charge in [-0.05, 0) is 31.2 Å². The molecule has 0 unspecified atom stereocenters. The summed E-state index contributed by atoms with van der Waals surface area (Å²) in [5.74, 6) is -0.357. The Hall–Kier alpha value is -2.50. The van der Waals surface area contributed by atoms with Crippen LogP contribution >= 0.6 is 0 Å². The number of hydrogen-bond acceptors (Lipinski definition) is 5. The minimum Gasteiger partial charge on any atom is -0.462 e. The van der Waals surface area contributed by atoms with Gasteiger partial charge in [-0.2, -0.15) is 5.10 Å². The van der Waals surface area contributed by atoms with E-state index in [1.165, 1.54) is 0 Å². The van der Waals surface area contributed by atoms with Crippen molar-refractivity contribution in [2.75, 3.05) is 24.2 Å². The summed E-state index contributed by atoms with van der Waals surface area (Å²) >= 11 is 0. The minimum absolute atomic E-state index is 0.350. The summed E-state index contributed by atoms with van der Waals surface area (Å²) in [5.41, 5.74) is 8.77. The lowest BCUT2D eigenvalue weighted by Crippen LogP contribution is -2.09. The van der Waals surface area contributed by atoms with Gasteiger partial charge in [0.1, 0.15) is 0 Å². The van der Waals surface area contributed by atoms with Gasteiger partial charge in [-0.1, -0.05) is 0 Å². The van der Waals surface area contributed by atoms with Crippen molar-refractivity contribution in [1.29, 1.82) is 0 Å². The predicted molar refractivity (Wildman–Crippen MR) is 82.2 cm³/mol. The fraction of sp³-hybridized carbons (Fsp3) is 0.333. The number of nitrogen functional groups attached to an aromatic ring is 1. The maximum Gasteiger partial charge on any atom is 0.338 e. The lowest BCUT2D eigenvalue weighted by molar-refractivity contribution is 0.0526. The summed E-state index contributed by atoms with van der Waals surface area (Å²) < 4.78 is 6.71. The molecule has 0 radical (unpaired) electrons. The summed E-state index contributed by atoms with van der Waals surface area (Å²) in [5, 5.41) is 7.55. The molecule has 2 rings (SSSR count). The second-order valence-electron chi connectivity index (χ2n) is 4.68. The van der Waals surface area contributed by atoms with E-state index < -0.39 is 0 Å². The van der Waals surface area contributed by atoms with Gasteiger partial charge in [0.25, 0.3) is 0 Å². The SMILES string of the molecule is CCOC(=O)c1ccc(NCCc2ccn(C)n2)c(N)c1. The van der Waals surface area contributed by atoms with Crippen LogP contribution in [0, 0.1) is 0 Å². The molecule has 6 nitrogen and oxygen atoms in total. The Labute approximate surface area is 123 Å². The molecule has 0 fully saturated rings. The number of carbonyl (C=O) groups is 1. The summed E-state index contributed by atoms with van der Waals surface area (Å²) in [6, 6.07) is 7.10. The number of rotatable bonds is 6. The standard InChI is InChI=1S/C15H20N4O2/c1-3-21-15(20)11-4-5-14(13(16)10-11)17-8-6-12-7-9-19(2)18-12/h4-5,7,9-10,17H,3,6,8,16H2,1-2H3. The summed E-state index contributed by atoms with van der Waals surface area (Å²) in [4.78, 5) is 11.6. The molecular formula is C15H20N4O2. The van der Waals surface area contributed by atoms with Crippen molar-refractivity contribution >= 4 is 17.3 Å². The third kappa shape index (κ3) is 3.98. The largest absolute Gasteiger partial charge is 0.462 e. The van der Waals surface area contributed by atoms with Crippen LogP contribution < -0.4 is 11.1 Å². The number of nitrogens with zero attached hydrogens (tertiary/aromatic N) is 2. The van der Waals surface area contributed by atoms with Crippen molar-refractivity contribution in [2.45, 2.75) is 13.3 Å². The van der Waals surface area contributed by atoms with E-state index in [9.17, 15) is 4.79 Å². The Bertz CT molecular complexity index is 622. The number of benzene rings is 1. The van der Waals surface area contributed by atoms with Crippen LogP contribution in [-0.2, 0) is 18.2 Å². The molecule has 2 aromatic rings. The van der Waals surface area contributed by atoms with Crippen LogP contribution in [0.25, 0.3) is 0 Å². The quantitative estimate of drug-likeness (QED) is 0.626. The van der Waals surface area contributed by atoms with Crippen LogP contribution in [0.4, 0.5) is 11.4 Å². The maximum absolute atomic E-state index is 11.6. The molecule has 0 saturated heterocycles. The number of anilines is 2. The first-order valence-corrected chi connectivity index (χ1v) is 6.89. The third-order valence-electron chi connectivity index (χ3n) is 3.03. The Kier molecular flexibility index (Phi) is 4.81. The molecule has 0 aliphatic heterocycles. The zero-order valence-electron chi connectivity index (χ0n) is 12.3. The smallest absolute Gasteiger partial charge is 0.338 e. The van der Waals surface area contributed by atoms with Gasteiger partial charge in [0.15, 0.2) is 0 Å². The van der Waals surface area contributed by atoms with E-state index in [1.54, 1.807) is 29.8 Å². The molecule has 0 amide bonds. The maximum atomic E-state index is 11.6. The van der Waals surface area contributed by atoms with Gasteiger partial charge in [-0.15, -0.1) is 0 Å². The normalized spacial score (nSPS) is 10.4. The first-order valence-electron chi connectivity index (χ1n) is 6.89. The second kappa shape index (κ2) is 6.78. The van der Waals surface area contributed by atoms with Gasteiger partial charge < -0.3 is 15.8 Å². The van der Waals surface area contributed by atoms with Gasteiger partial charge in [-0.25, -0.2) is 4.79 Å². The van der Waals surface area contributed by atoms with Crippen molar-refractivity contribution in [3.05, 3.63) is 41.7 Å². The zero-order chi connectivity index (χ0) is 15.2. The monoisotopic (exact) mass is 288 g/mol. The lowest BCUT2D eigenvalue weighted by Gasteiger charge is -2.10. The van der Waals surface area contributed by atoms with E-state index in [-0.39, 0.29) is 5.97 Å². The van der Waals surface area contributed by atoms with Gasteiger partial charge in [0.05, 0.1) is 29.2 Å². The van der Waals surface area contributed by atoms with E-state index in [4.69, 9.17) is 10.5 Å². The van der Waals surface area contributed by atoms with Crippen LogP contribution in [0.15, 0.2) is 30.5 Å². The van der Waals surface area contributed by atoms with Crippen LogP contribution in [0.1, 0.15) is 23.0 Å². The number of ether oxygens (including phenoxy) is 1. The number of carbonyl (C=O) groups excluding carboxylic acids is 1. The number of aromatic nitrogens is 2. The first-order chi connectivity index (χ1) is 10.1. The van der Waals surface area contributed by atoms with E-state index in [0.717, 1.165) is 24.3 Å². The Morgan fingerprint density at radius 3 is 2.86 bits per heavy atom. The molecule has 0 spiro atoms. The van der Waals surface area contributed by atoms with Gasteiger partial charge >= 0.3 is 5.97 Å². The highest BCUT2D eigenvalue weighted by molar-refractivity contribution is 5.91. The molecule has 21 heavy (non-hydrogen) atoms. The van der Waals surface area contributed by atoms with Crippen LogP contribution in [0.3, 0.4) is 0 Å². The average Bonchev–Trinajstić information content (AvgIpc) is 2.86. The highest BCUT2D eigenvalue weighted by Crippen LogP contribution is 2.20. The van der Waals surface area contributed by atoms with Crippen LogP contribution in [-0.4, -0.2) is 28.9 Å². The van der Waals surface area contributed by atoms with Crippen molar-refractivity contribution in [1.82, 2.24) is 9.78 Å². The molecule has 0 aliphatic rings. The topological polar surface area (TPSA) is 82.2 Å². The summed E-state index contributed by atoms with van der Waals surface area (Å²) in [6.45, 7) is 2.84. The summed E-state index contributed by atoms with van der Waals surface area (Å²) in [6.07, 6.45) is 2.72. The number of nitrogens with two attached hydrogens (primary N) is 1. The Balaban J connectivity index is 1.93. The van der Waals surface area contributed by atoms with Crippen LogP contribution in [0.5, 0.6) is 0 Å². The van der Waals surface area contributed by atoms with E-state index in [1.807, 2.05) is 19.3 Å². The molecule has 112 valence electrons. The van der Waals surface area contributed by atoms with Crippen LogP contribution in [0.2, 0.25) is 0 Å². The number of aryl methyl sites for hydroxylation is 1. The molecule has 0 aliphatic carbocycles. The van der Waals surface area contributed by atoms with E-state index in [0.29, 0.717) is 17.9 Å². The van der Waals surface area contributed by atoms with Gasteiger partial charge in [0, 0.05) is 26.2 Å². The average molecular weight is 288 g/mol. The molecule has 0 atom stereocenters. The first kappa shape index (κ1) is 14.9. The summed E-state index contributed by atoms with van der Waals surface area (Å²) in [7, 11) is 1.89. The van der Waals surface area contributed by atoms with E-state index >= 15 is 0 Å². The Morgan fingerprint density at radius 2 is 2.24 bits per heavy atom. The Morgan fingerprint density at radius 1 is 1.43 bits per heavy atom. The molecule has 6 heteroatoms. The van der Waals surface area contributed by atoms with Gasteiger partial charge in [0.2, 0.25) is 0 Å². The molecule has 0 saturated carbocycles. The second-order valence-corrected chi connectivity index (χ2v) is 4.68. The van der Waals surface area contributed by atoms with Gasteiger partial charge in [-0.3, -0.25) is 4.68 Å². The molecule has 1 aromatic carbocycles. The molecular weight excluding hydrogens is 268 g/mol. The number of hydrogen-bond donors (Lipinski definition) is 2. The zero-order valence-corrected chi connectivity index (χ0v) is 12.3.